The molecule has 6 heteroatoms. The van der Waals surface area contributed by atoms with Gasteiger partial charge in [0.1, 0.15) is 12.2 Å². The van der Waals surface area contributed by atoms with E-state index in [1.54, 1.807) is 0 Å². The molecule has 0 fully saturated rings. The van der Waals surface area contributed by atoms with E-state index in [1.165, 1.54) is 103 Å². The number of nitrogens with one attached hydrogen (secondary N) is 1. The van der Waals surface area contributed by atoms with Gasteiger partial charge in [0.2, 0.25) is 5.91 Å². The summed E-state index contributed by atoms with van der Waals surface area (Å²) in [6.45, 7) is 3.97. The number of amides is 1. The van der Waals surface area contributed by atoms with Crippen LogP contribution in [0, 0.1) is 0 Å². The first kappa shape index (κ1) is 43.8. The molecule has 0 aliphatic heterocycles. The van der Waals surface area contributed by atoms with Crippen molar-refractivity contribution < 1.29 is 25.2 Å². The van der Waals surface area contributed by atoms with Gasteiger partial charge in [0.15, 0.2) is 0 Å². The van der Waals surface area contributed by atoms with Crippen molar-refractivity contribution >= 4 is 5.91 Å². The Morgan fingerprint density at radius 1 is 0.556 bits per heavy atom. The number of hydrogen-bond acceptors (Lipinski definition) is 5. The highest BCUT2D eigenvalue weighted by molar-refractivity contribution is 5.80. The number of hydrogen-bond donors (Lipinski definition) is 5. The van der Waals surface area contributed by atoms with Gasteiger partial charge in [-0.1, -0.05) is 167 Å². The van der Waals surface area contributed by atoms with Gasteiger partial charge in [-0.05, 0) is 44.9 Å². The molecule has 0 saturated carbocycles. The summed E-state index contributed by atoms with van der Waals surface area (Å²) in [7, 11) is 0. The molecule has 45 heavy (non-hydrogen) atoms. The first-order chi connectivity index (χ1) is 22.0. The summed E-state index contributed by atoms with van der Waals surface area (Å²) < 4.78 is 0. The molecule has 0 aromatic carbocycles. The maximum Gasteiger partial charge on any atom is 0.249 e. The fourth-order valence-electron chi connectivity index (χ4n) is 5.79. The molecule has 0 spiro atoms. The second-order valence-corrected chi connectivity index (χ2v) is 13.3. The molecule has 0 bridgehead atoms. The number of aliphatic hydroxyl groups is 4. The van der Waals surface area contributed by atoms with Gasteiger partial charge in [0.05, 0.1) is 18.8 Å². The summed E-state index contributed by atoms with van der Waals surface area (Å²) in [6.07, 6.45) is 36.5. The third-order valence-electron chi connectivity index (χ3n) is 8.92. The second-order valence-electron chi connectivity index (χ2n) is 13.3. The molecule has 0 aromatic rings. The molecular formula is C39H75NO5. The molecule has 4 atom stereocenters. The molecule has 5 N–H and O–H groups in total. The fourth-order valence-corrected chi connectivity index (χ4v) is 5.79. The van der Waals surface area contributed by atoms with Gasteiger partial charge in [-0.3, -0.25) is 4.79 Å². The SMILES string of the molecule is CCCCCCCCCCC/C=C\C/C=C\CCCCCCCCC(O)C(=O)NC(CO)C(O)C(O)CCCCCCCCC. The predicted molar refractivity (Wildman–Crippen MR) is 191 cm³/mol. The monoisotopic (exact) mass is 638 g/mol. The van der Waals surface area contributed by atoms with E-state index in [4.69, 9.17) is 0 Å². The van der Waals surface area contributed by atoms with Crippen molar-refractivity contribution in [1.82, 2.24) is 5.32 Å². The van der Waals surface area contributed by atoms with Crippen molar-refractivity contribution in [3.8, 4) is 0 Å². The van der Waals surface area contributed by atoms with Crippen molar-refractivity contribution in [2.75, 3.05) is 6.61 Å². The molecule has 4 unspecified atom stereocenters. The van der Waals surface area contributed by atoms with Crippen LogP contribution in [-0.2, 0) is 4.79 Å². The lowest BCUT2D eigenvalue weighted by Gasteiger charge is -2.27. The van der Waals surface area contributed by atoms with E-state index in [9.17, 15) is 25.2 Å². The summed E-state index contributed by atoms with van der Waals surface area (Å²) in [5.74, 6) is -0.596. The highest BCUT2D eigenvalue weighted by Crippen LogP contribution is 2.15. The summed E-state index contributed by atoms with van der Waals surface area (Å²) >= 11 is 0. The molecule has 266 valence electrons. The van der Waals surface area contributed by atoms with Crippen molar-refractivity contribution in [2.24, 2.45) is 0 Å². The number of rotatable bonds is 34. The Morgan fingerprint density at radius 3 is 1.40 bits per heavy atom. The van der Waals surface area contributed by atoms with Crippen LogP contribution in [0.3, 0.4) is 0 Å². The van der Waals surface area contributed by atoms with Crippen molar-refractivity contribution in [3.63, 3.8) is 0 Å². The van der Waals surface area contributed by atoms with Gasteiger partial charge < -0.3 is 25.7 Å². The van der Waals surface area contributed by atoms with Gasteiger partial charge in [-0.2, -0.15) is 0 Å². The zero-order valence-corrected chi connectivity index (χ0v) is 29.6. The largest absolute Gasteiger partial charge is 0.394 e. The molecule has 0 aliphatic rings. The summed E-state index contributed by atoms with van der Waals surface area (Å²) in [6, 6.07) is -0.985. The minimum absolute atomic E-state index is 0.357. The Kier molecular flexibility index (Phi) is 33.2. The fraction of sp³-hybridized carbons (Fsp3) is 0.872. The van der Waals surface area contributed by atoms with Crippen molar-refractivity contribution in [2.45, 2.75) is 212 Å². The molecule has 0 rings (SSSR count). The van der Waals surface area contributed by atoms with E-state index in [0.717, 1.165) is 57.8 Å². The highest BCUT2D eigenvalue weighted by atomic mass is 16.3. The summed E-state index contributed by atoms with van der Waals surface area (Å²) in [4.78, 5) is 12.4. The normalized spacial score (nSPS) is 14.7. The molecule has 0 aromatic heterocycles. The van der Waals surface area contributed by atoms with Gasteiger partial charge in [-0.25, -0.2) is 0 Å². The topological polar surface area (TPSA) is 110 Å². The Balaban J connectivity index is 3.74. The van der Waals surface area contributed by atoms with Crippen LogP contribution in [0.2, 0.25) is 0 Å². The third kappa shape index (κ3) is 28.7. The number of aliphatic hydroxyl groups excluding tert-OH is 4. The summed E-state index contributed by atoms with van der Waals surface area (Å²) in [5.41, 5.74) is 0. The van der Waals surface area contributed by atoms with E-state index in [1.807, 2.05) is 0 Å². The van der Waals surface area contributed by atoms with Crippen LogP contribution in [0.25, 0.3) is 0 Å². The standard InChI is InChI=1S/C39H75NO5/c1-3-5-7-9-11-12-13-14-15-16-17-18-19-20-21-22-23-24-25-27-29-31-33-37(43)39(45)40-35(34-41)38(44)36(42)32-30-28-26-10-8-6-4-2/h17-18,20-21,35-38,41-44H,3-16,19,22-34H2,1-2H3,(H,40,45)/b18-17-,21-20-. The lowest BCUT2D eigenvalue weighted by atomic mass is 9.99. The number of allylic oxidation sites excluding steroid dienone is 4. The Bertz CT molecular complexity index is 682. The average molecular weight is 638 g/mol. The average Bonchev–Trinajstić information content (AvgIpc) is 3.04. The van der Waals surface area contributed by atoms with E-state index >= 15 is 0 Å². The van der Waals surface area contributed by atoms with Crippen LogP contribution in [0.5, 0.6) is 0 Å². The van der Waals surface area contributed by atoms with Gasteiger partial charge >= 0.3 is 0 Å². The molecule has 6 nitrogen and oxygen atoms in total. The number of carbonyl (C=O) groups excluding carboxylic acids is 1. The maximum absolute atomic E-state index is 12.4. The lowest BCUT2D eigenvalue weighted by molar-refractivity contribution is -0.132. The third-order valence-corrected chi connectivity index (χ3v) is 8.92. The molecule has 0 aliphatic carbocycles. The molecule has 0 radical (unpaired) electrons. The smallest absolute Gasteiger partial charge is 0.249 e. The molecular weight excluding hydrogens is 562 g/mol. The second kappa shape index (κ2) is 34.1. The zero-order chi connectivity index (χ0) is 33.2. The minimum Gasteiger partial charge on any atom is -0.394 e. The summed E-state index contributed by atoms with van der Waals surface area (Å²) in [5, 5.41) is 43.2. The van der Waals surface area contributed by atoms with Crippen LogP contribution in [0.4, 0.5) is 0 Å². The predicted octanol–water partition coefficient (Wildman–Crippen LogP) is 9.23. The first-order valence-electron chi connectivity index (χ1n) is 19.2. The van der Waals surface area contributed by atoms with Crippen LogP contribution >= 0.6 is 0 Å². The van der Waals surface area contributed by atoms with Crippen LogP contribution in [0.15, 0.2) is 24.3 Å². The van der Waals surface area contributed by atoms with E-state index in [2.05, 4.69) is 43.5 Å². The van der Waals surface area contributed by atoms with Gasteiger partial charge in [0, 0.05) is 0 Å². The lowest BCUT2D eigenvalue weighted by Crippen LogP contribution is -2.53. The van der Waals surface area contributed by atoms with E-state index in [-0.39, 0.29) is 0 Å². The Morgan fingerprint density at radius 2 is 0.956 bits per heavy atom. The van der Waals surface area contributed by atoms with Gasteiger partial charge in [-0.15, -0.1) is 0 Å². The maximum atomic E-state index is 12.4. The van der Waals surface area contributed by atoms with Crippen molar-refractivity contribution in [1.29, 1.82) is 0 Å². The highest BCUT2D eigenvalue weighted by Gasteiger charge is 2.28. The van der Waals surface area contributed by atoms with E-state index < -0.39 is 36.9 Å². The Hall–Kier alpha value is -1.21. The molecule has 1 amide bonds. The Labute approximate surface area is 278 Å². The number of unbranched alkanes of at least 4 members (excludes halogenated alkanes) is 21. The zero-order valence-electron chi connectivity index (χ0n) is 29.6. The van der Waals surface area contributed by atoms with Gasteiger partial charge in [0.25, 0.3) is 0 Å². The van der Waals surface area contributed by atoms with E-state index in [0.29, 0.717) is 12.8 Å². The molecule has 0 saturated heterocycles. The minimum atomic E-state index is -1.26. The first-order valence-corrected chi connectivity index (χ1v) is 19.2. The van der Waals surface area contributed by atoms with Crippen LogP contribution in [0.1, 0.15) is 187 Å². The quantitative estimate of drug-likeness (QED) is 0.0357. The van der Waals surface area contributed by atoms with Crippen molar-refractivity contribution in [3.05, 3.63) is 24.3 Å². The molecule has 0 heterocycles. The number of carbonyl (C=O) groups is 1. The van der Waals surface area contributed by atoms with Crippen LogP contribution < -0.4 is 5.32 Å². The van der Waals surface area contributed by atoms with Crippen LogP contribution in [-0.4, -0.2) is 57.3 Å².